The SMILES string of the molecule is c1ccc(-c2nc(-c3ccccc3)nc(-c3cccc(-c4ccccc4-n4c5ccccc5c5c4ccc4c6ccccc6n(-c6cccc(-c7nc(-c8ccccc8)nc(-c8ccccc8)n7)c6)c45)c3)n2)cc1. The maximum Gasteiger partial charge on any atom is 0.164 e. The molecule has 346 valence electrons. The minimum Gasteiger partial charge on any atom is -0.309 e. The van der Waals surface area contributed by atoms with Crippen LogP contribution in [0.4, 0.5) is 0 Å². The van der Waals surface area contributed by atoms with Gasteiger partial charge in [0.15, 0.2) is 34.9 Å². The van der Waals surface area contributed by atoms with Gasteiger partial charge in [-0.3, -0.25) is 0 Å². The van der Waals surface area contributed by atoms with Gasteiger partial charge in [-0.05, 0) is 48.0 Å². The number of fused-ring (bicyclic) bond motifs is 7. The summed E-state index contributed by atoms with van der Waals surface area (Å²) in [5.74, 6) is 3.71. The van der Waals surface area contributed by atoms with Crippen molar-refractivity contribution in [3.63, 3.8) is 0 Å². The highest BCUT2D eigenvalue weighted by atomic mass is 15.1. The summed E-state index contributed by atoms with van der Waals surface area (Å²) in [6, 6.07) is 88.3. The first-order chi connectivity index (χ1) is 36.7. The summed E-state index contributed by atoms with van der Waals surface area (Å²) >= 11 is 0. The van der Waals surface area contributed by atoms with E-state index >= 15 is 0 Å². The molecule has 4 aromatic heterocycles. The monoisotopic (exact) mass is 946 g/mol. The van der Waals surface area contributed by atoms with Crippen LogP contribution in [0.1, 0.15) is 0 Å². The summed E-state index contributed by atoms with van der Waals surface area (Å²) in [5, 5.41) is 4.66. The van der Waals surface area contributed by atoms with Crippen molar-refractivity contribution in [3.05, 3.63) is 255 Å². The Morgan fingerprint density at radius 3 is 1.20 bits per heavy atom. The smallest absolute Gasteiger partial charge is 0.164 e. The van der Waals surface area contributed by atoms with E-state index in [1.54, 1.807) is 0 Å². The Kier molecular flexibility index (Phi) is 10.3. The van der Waals surface area contributed by atoms with Gasteiger partial charge in [0.05, 0.1) is 27.8 Å². The minimum atomic E-state index is 0.603. The molecular weight excluding hydrogens is 905 g/mol. The Balaban J connectivity index is 0.948. The van der Waals surface area contributed by atoms with Crippen LogP contribution in [0.3, 0.4) is 0 Å². The molecule has 8 nitrogen and oxygen atoms in total. The second-order valence-electron chi connectivity index (χ2n) is 18.3. The van der Waals surface area contributed by atoms with Crippen LogP contribution in [0.5, 0.6) is 0 Å². The van der Waals surface area contributed by atoms with Gasteiger partial charge in [0, 0.05) is 66.2 Å². The van der Waals surface area contributed by atoms with Crippen LogP contribution in [0.25, 0.3) is 134 Å². The first kappa shape index (κ1) is 42.7. The molecule has 0 aliphatic carbocycles. The fourth-order valence-electron chi connectivity index (χ4n) is 10.4. The van der Waals surface area contributed by atoms with Crippen molar-refractivity contribution in [2.24, 2.45) is 0 Å². The fraction of sp³-hybridized carbons (Fsp3) is 0. The van der Waals surface area contributed by atoms with Crippen LogP contribution < -0.4 is 0 Å². The quantitative estimate of drug-likeness (QED) is 0.143. The molecule has 10 aromatic carbocycles. The number of nitrogens with zero attached hydrogens (tertiary/aromatic N) is 8. The molecule has 0 bridgehead atoms. The number of hydrogen-bond acceptors (Lipinski definition) is 6. The zero-order valence-electron chi connectivity index (χ0n) is 39.8. The van der Waals surface area contributed by atoms with Crippen LogP contribution in [-0.2, 0) is 0 Å². The minimum absolute atomic E-state index is 0.603. The molecule has 0 unspecified atom stereocenters. The molecule has 0 saturated carbocycles. The standard InChI is InChI=1S/C66H42N8/c1-5-21-43(22-6-1)61-67-62(44-23-7-2-8-24-44)70-65(69-61)48-30-19-29-47(41-48)51-33-13-16-36-55(51)74-57-38-18-15-35-54(57)59-58(74)40-39-53-52-34-14-17-37-56(52)73(60(53)59)50-32-20-31-49(42-50)66-71-63(45-25-9-3-10-26-45)68-64(72-66)46-27-11-4-12-28-46/h1-42H. The van der Waals surface area contributed by atoms with E-state index in [0.29, 0.717) is 34.9 Å². The summed E-state index contributed by atoms with van der Waals surface area (Å²) in [4.78, 5) is 30.3. The van der Waals surface area contributed by atoms with Gasteiger partial charge >= 0.3 is 0 Å². The Bertz CT molecular complexity index is 4300. The van der Waals surface area contributed by atoms with E-state index < -0.39 is 0 Å². The lowest BCUT2D eigenvalue weighted by Crippen LogP contribution is -2.01. The topological polar surface area (TPSA) is 87.2 Å². The van der Waals surface area contributed by atoms with Crippen molar-refractivity contribution in [3.8, 4) is 90.8 Å². The highest BCUT2D eigenvalue weighted by Gasteiger charge is 2.23. The predicted molar refractivity (Wildman–Crippen MR) is 300 cm³/mol. The summed E-state index contributed by atoms with van der Waals surface area (Å²) in [6.45, 7) is 0. The summed E-state index contributed by atoms with van der Waals surface area (Å²) in [7, 11) is 0. The number of aromatic nitrogens is 8. The highest BCUT2D eigenvalue weighted by molar-refractivity contribution is 6.26. The average Bonchev–Trinajstić information content (AvgIpc) is 4.07. The first-order valence-corrected chi connectivity index (χ1v) is 24.7. The Hall–Kier alpha value is -10.2. The molecule has 0 spiro atoms. The number of hydrogen-bond donors (Lipinski definition) is 0. The Morgan fingerprint density at radius 2 is 0.649 bits per heavy atom. The maximum absolute atomic E-state index is 5.12. The van der Waals surface area contributed by atoms with E-state index in [0.717, 1.165) is 88.7 Å². The predicted octanol–water partition coefficient (Wildman–Crippen LogP) is 15.9. The number of benzene rings is 10. The highest BCUT2D eigenvalue weighted by Crippen LogP contribution is 2.44. The zero-order valence-corrected chi connectivity index (χ0v) is 39.8. The van der Waals surface area contributed by atoms with Gasteiger partial charge in [-0.25, -0.2) is 29.9 Å². The van der Waals surface area contributed by atoms with Gasteiger partial charge in [-0.15, -0.1) is 0 Å². The third-order valence-electron chi connectivity index (χ3n) is 13.8. The summed E-state index contributed by atoms with van der Waals surface area (Å²) in [5.41, 5.74) is 14.1. The zero-order chi connectivity index (χ0) is 49.0. The molecule has 0 saturated heterocycles. The molecule has 8 heteroatoms. The van der Waals surface area contributed by atoms with Crippen LogP contribution in [-0.4, -0.2) is 39.0 Å². The molecule has 4 heterocycles. The second kappa shape index (κ2) is 17.9. The molecule has 0 amide bonds. The number of para-hydroxylation sites is 3. The van der Waals surface area contributed by atoms with Gasteiger partial charge in [0.2, 0.25) is 0 Å². The molecule has 0 atom stereocenters. The second-order valence-corrected chi connectivity index (χ2v) is 18.3. The molecule has 0 radical (unpaired) electrons. The van der Waals surface area contributed by atoms with Crippen molar-refractivity contribution < 1.29 is 0 Å². The first-order valence-electron chi connectivity index (χ1n) is 24.7. The van der Waals surface area contributed by atoms with E-state index in [1.165, 1.54) is 10.8 Å². The summed E-state index contributed by atoms with van der Waals surface area (Å²) < 4.78 is 4.84. The van der Waals surface area contributed by atoms with E-state index in [4.69, 9.17) is 29.9 Å². The van der Waals surface area contributed by atoms with Gasteiger partial charge in [0.25, 0.3) is 0 Å². The van der Waals surface area contributed by atoms with Gasteiger partial charge in [-0.1, -0.05) is 212 Å². The van der Waals surface area contributed by atoms with Crippen molar-refractivity contribution in [2.45, 2.75) is 0 Å². The Labute approximate surface area is 426 Å². The lowest BCUT2D eigenvalue weighted by atomic mass is 10.0. The van der Waals surface area contributed by atoms with Gasteiger partial charge in [-0.2, -0.15) is 0 Å². The number of rotatable bonds is 9. The molecule has 14 aromatic rings. The van der Waals surface area contributed by atoms with Crippen LogP contribution in [0.15, 0.2) is 255 Å². The Morgan fingerprint density at radius 1 is 0.243 bits per heavy atom. The molecule has 0 N–H and O–H groups in total. The van der Waals surface area contributed by atoms with Crippen LogP contribution in [0, 0.1) is 0 Å². The van der Waals surface area contributed by atoms with Gasteiger partial charge < -0.3 is 9.13 Å². The average molecular weight is 947 g/mol. The van der Waals surface area contributed by atoms with Crippen molar-refractivity contribution in [2.75, 3.05) is 0 Å². The molecule has 0 aliphatic rings. The summed E-state index contributed by atoms with van der Waals surface area (Å²) in [6.07, 6.45) is 0. The molecule has 0 fully saturated rings. The third kappa shape index (κ3) is 7.40. The van der Waals surface area contributed by atoms with Crippen molar-refractivity contribution >= 4 is 43.6 Å². The van der Waals surface area contributed by atoms with Crippen molar-refractivity contribution in [1.29, 1.82) is 0 Å². The fourth-order valence-corrected chi connectivity index (χ4v) is 10.4. The van der Waals surface area contributed by atoms with E-state index in [2.05, 4.69) is 143 Å². The maximum atomic E-state index is 5.12. The molecule has 74 heavy (non-hydrogen) atoms. The molecule has 0 aliphatic heterocycles. The lowest BCUT2D eigenvalue weighted by molar-refractivity contribution is 1.07. The van der Waals surface area contributed by atoms with Crippen LogP contribution in [0.2, 0.25) is 0 Å². The van der Waals surface area contributed by atoms with Crippen LogP contribution >= 0.6 is 0 Å². The van der Waals surface area contributed by atoms with E-state index in [9.17, 15) is 0 Å². The van der Waals surface area contributed by atoms with Crippen molar-refractivity contribution in [1.82, 2.24) is 39.0 Å². The lowest BCUT2D eigenvalue weighted by Gasteiger charge is -2.15. The third-order valence-corrected chi connectivity index (χ3v) is 13.8. The normalized spacial score (nSPS) is 11.5. The molecular formula is C66H42N8. The molecule has 14 rings (SSSR count). The van der Waals surface area contributed by atoms with Gasteiger partial charge in [0.1, 0.15) is 0 Å². The van der Waals surface area contributed by atoms with E-state index in [-0.39, 0.29) is 0 Å². The largest absolute Gasteiger partial charge is 0.309 e. The van der Waals surface area contributed by atoms with E-state index in [1.807, 2.05) is 121 Å².